The molecule has 0 aliphatic rings. The van der Waals surface area contributed by atoms with Gasteiger partial charge in [0, 0.05) is 17.7 Å². The number of likely N-dealkylation sites (N-methyl/N-ethyl adjacent to an activating group) is 1. The minimum absolute atomic E-state index is 0.0927. The van der Waals surface area contributed by atoms with Gasteiger partial charge in [-0.05, 0) is 6.07 Å². The third kappa shape index (κ3) is 4.95. The number of non-ortho nitro benzene ring substituents is 1. The van der Waals surface area contributed by atoms with Crippen molar-refractivity contribution in [1.29, 1.82) is 0 Å². The van der Waals surface area contributed by atoms with E-state index in [0.717, 1.165) is 0 Å². The highest BCUT2D eigenvalue weighted by Gasteiger charge is 2.21. The van der Waals surface area contributed by atoms with Crippen LogP contribution in [-0.4, -0.2) is 48.8 Å². The first-order valence-corrected chi connectivity index (χ1v) is 7.66. The van der Waals surface area contributed by atoms with Crippen LogP contribution in [0.2, 0.25) is 0 Å². The molecule has 0 spiro atoms. The summed E-state index contributed by atoms with van der Waals surface area (Å²) in [6, 6.07) is 12.3. The molecule has 0 aliphatic carbocycles. The number of ketones is 1. The quantitative estimate of drug-likeness (QED) is 0.378. The van der Waals surface area contributed by atoms with Gasteiger partial charge in [0.25, 0.3) is 11.6 Å². The Morgan fingerprint density at radius 3 is 2.28 bits per heavy atom. The number of rotatable bonds is 6. The monoisotopic (exact) mass is 342 g/mol. The van der Waals surface area contributed by atoms with Gasteiger partial charge in [0.05, 0.1) is 37.3 Å². The van der Waals surface area contributed by atoms with Crippen LogP contribution in [0.15, 0.2) is 48.5 Å². The van der Waals surface area contributed by atoms with Gasteiger partial charge in [-0.25, -0.2) is 0 Å². The molecule has 0 aromatic heterocycles. The predicted octanol–water partition coefficient (Wildman–Crippen LogP) is 2.47. The number of anilines is 1. The van der Waals surface area contributed by atoms with Crippen molar-refractivity contribution in [1.82, 2.24) is 0 Å². The minimum atomic E-state index is -0.570. The summed E-state index contributed by atoms with van der Waals surface area (Å²) in [6.07, 6.45) is 0. The van der Waals surface area contributed by atoms with Gasteiger partial charge in [-0.2, -0.15) is 0 Å². The van der Waals surface area contributed by atoms with Gasteiger partial charge in [-0.3, -0.25) is 19.7 Å². The average molecular weight is 342 g/mol. The number of nitro benzene ring substituents is 1. The second-order valence-corrected chi connectivity index (χ2v) is 6.68. The predicted molar refractivity (Wildman–Crippen MR) is 94.5 cm³/mol. The first-order valence-electron chi connectivity index (χ1n) is 7.66. The van der Waals surface area contributed by atoms with Crippen LogP contribution < -0.4 is 5.32 Å². The van der Waals surface area contributed by atoms with Crippen LogP contribution in [0.1, 0.15) is 15.9 Å². The second-order valence-electron chi connectivity index (χ2n) is 6.68. The van der Waals surface area contributed by atoms with Gasteiger partial charge in [-0.1, -0.05) is 30.3 Å². The van der Waals surface area contributed by atoms with Gasteiger partial charge < -0.3 is 9.80 Å². The fourth-order valence-corrected chi connectivity index (χ4v) is 2.31. The number of quaternary nitrogens is 1. The normalized spacial score (nSPS) is 11.0. The highest BCUT2D eigenvalue weighted by molar-refractivity contribution is 6.14. The van der Waals surface area contributed by atoms with E-state index < -0.39 is 4.92 Å². The van der Waals surface area contributed by atoms with Crippen LogP contribution in [0.25, 0.3) is 0 Å². The lowest BCUT2D eigenvalue weighted by Crippen LogP contribution is -2.41. The topological polar surface area (TPSA) is 89.3 Å². The molecule has 1 N–H and O–H groups in total. The van der Waals surface area contributed by atoms with Gasteiger partial charge in [0.15, 0.2) is 12.3 Å². The second kappa shape index (κ2) is 7.23. The molecule has 130 valence electrons. The minimum Gasteiger partial charge on any atom is -0.323 e. The van der Waals surface area contributed by atoms with Gasteiger partial charge >= 0.3 is 0 Å². The van der Waals surface area contributed by atoms with Crippen LogP contribution >= 0.6 is 0 Å². The molecule has 0 fully saturated rings. The molecule has 7 heteroatoms. The Morgan fingerprint density at radius 2 is 1.72 bits per heavy atom. The molecule has 0 aliphatic heterocycles. The van der Waals surface area contributed by atoms with Crippen molar-refractivity contribution in [2.24, 2.45) is 0 Å². The summed E-state index contributed by atoms with van der Waals surface area (Å²) >= 11 is 0. The molecule has 0 unspecified atom stereocenters. The number of nitro groups is 1. The van der Waals surface area contributed by atoms with Crippen LogP contribution in [0.4, 0.5) is 11.4 Å². The Hall–Kier alpha value is -3.06. The summed E-state index contributed by atoms with van der Waals surface area (Å²) in [5.41, 5.74) is 0.544. The number of hydrogen-bond donors (Lipinski definition) is 1. The van der Waals surface area contributed by atoms with E-state index >= 15 is 0 Å². The first kappa shape index (κ1) is 18.3. The molecule has 1 amide bonds. The van der Waals surface area contributed by atoms with Crippen molar-refractivity contribution in [3.63, 3.8) is 0 Å². The Bertz CT molecular complexity index is 811. The maximum atomic E-state index is 12.7. The number of carbonyl (C=O) groups excluding carboxylic acids is 2. The Balaban J connectivity index is 2.41. The van der Waals surface area contributed by atoms with Crippen molar-refractivity contribution in [2.45, 2.75) is 0 Å². The van der Waals surface area contributed by atoms with Crippen molar-refractivity contribution in [3.8, 4) is 0 Å². The Labute approximate surface area is 145 Å². The zero-order chi connectivity index (χ0) is 18.6. The zero-order valence-electron chi connectivity index (χ0n) is 14.4. The SMILES string of the molecule is C[N+](C)(C)CC(=O)Nc1ccc([N+](=O)[O-])cc1C(=O)c1ccccc1. The molecule has 7 nitrogen and oxygen atoms in total. The number of carbonyl (C=O) groups is 2. The molecule has 0 atom stereocenters. The van der Waals surface area contributed by atoms with Gasteiger partial charge in [-0.15, -0.1) is 0 Å². The maximum Gasteiger partial charge on any atom is 0.279 e. The van der Waals surface area contributed by atoms with E-state index in [9.17, 15) is 19.7 Å². The lowest BCUT2D eigenvalue weighted by molar-refractivity contribution is -0.861. The molecular formula is C18H20N3O4+. The molecule has 2 rings (SSSR count). The van der Waals surface area contributed by atoms with Crippen molar-refractivity contribution in [2.75, 3.05) is 33.0 Å². The van der Waals surface area contributed by atoms with E-state index in [-0.39, 0.29) is 35.2 Å². The van der Waals surface area contributed by atoms with E-state index in [2.05, 4.69) is 5.32 Å². The van der Waals surface area contributed by atoms with E-state index in [1.807, 2.05) is 21.1 Å². The van der Waals surface area contributed by atoms with E-state index in [1.165, 1.54) is 18.2 Å². The highest BCUT2D eigenvalue weighted by atomic mass is 16.6. The fraction of sp³-hybridized carbons (Fsp3) is 0.222. The number of benzene rings is 2. The molecule has 0 heterocycles. The number of nitrogens with zero attached hydrogens (tertiary/aromatic N) is 2. The van der Waals surface area contributed by atoms with Gasteiger partial charge in [0.2, 0.25) is 0 Å². The molecule has 2 aromatic carbocycles. The first-order chi connectivity index (χ1) is 11.7. The molecular weight excluding hydrogens is 322 g/mol. The van der Waals surface area contributed by atoms with Crippen LogP contribution in [0, 0.1) is 10.1 Å². The molecule has 0 bridgehead atoms. The lowest BCUT2D eigenvalue weighted by atomic mass is 10.0. The number of nitrogens with one attached hydrogen (secondary N) is 1. The number of hydrogen-bond acceptors (Lipinski definition) is 4. The van der Waals surface area contributed by atoms with Crippen LogP contribution in [0.5, 0.6) is 0 Å². The molecule has 25 heavy (non-hydrogen) atoms. The highest BCUT2D eigenvalue weighted by Crippen LogP contribution is 2.25. The van der Waals surface area contributed by atoms with E-state index in [4.69, 9.17) is 0 Å². The largest absolute Gasteiger partial charge is 0.323 e. The summed E-state index contributed by atoms with van der Waals surface area (Å²) in [5, 5.41) is 13.7. The smallest absolute Gasteiger partial charge is 0.279 e. The molecule has 0 radical (unpaired) electrons. The van der Waals surface area contributed by atoms with E-state index in [1.54, 1.807) is 30.3 Å². The van der Waals surface area contributed by atoms with Gasteiger partial charge in [0.1, 0.15) is 0 Å². The summed E-state index contributed by atoms with van der Waals surface area (Å²) in [5.74, 6) is -0.659. The number of amides is 1. The van der Waals surface area contributed by atoms with Crippen molar-refractivity contribution in [3.05, 3.63) is 69.8 Å². The molecule has 0 saturated carbocycles. The third-order valence-electron chi connectivity index (χ3n) is 3.39. The van der Waals surface area contributed by atoms with Crippen LogP contribution in [-0.2, 0) is 4.79 Å². The Morgan fingerprint density at radius 1 is 1.08 bits per heavy atom. The molecule has 2 aromatic rings. The summed E-state index contributed by atoms with van der Waals surface area (Å²) in [7, 11) is 5.60. The molecule has 0 saturated heterocycles. The lowest BCUT2D eigenvalue weighted by Gasteiger charge is -2.23. The summed E-state index contributed by atoms with van der Waals surface area (Å²) in [6.45, 7) is 0.204. The third-order valence-corrected chi connectivity index (χ3v) is 3.39. The average Bonchev–Trinajstić information content (AvgIpc) is 2.53. The zero-order valence-corrected chi connectivity index (χ0v) is 14.4. The summed E-state index contributed by atoms with van der Waals surface area (Å²) < 4.78 is 0.417. The van der Waals surface area contributed by atoms with E-state index in [0.29, 0.717) is 10.0 Å². The van der Waals surface area contributed by atoms with Crippen LogP contribution in [0.3, 0.4) is 0 Å². The maximum absolute atomic E-state index is 12.7. The standard InChI is InChI=1S/C18H19N3O4/c1-21(2,3)12-17(22)19-16-10-9-14(20(24)25)11-15(16)18(23)13-7-5-4-6-8-13/h4-11H,12H2,1-3H3/p+1. The van der Waals surface area contributed by atoms with Crippen molar-refractivity contribution < 1.29 is 19.0 Å². The Kier molecular flexibility index (Phi) is 5.29. The summed E-state index contributed by atoms with van der Waals surface area (Å²) in [4.78, 5) is 35.4. The van der Waals surface area contributed by atoms with Crippen molar-refractivity contribution >= 4 is 23.1 Å². The fourth-order valence-electron chi connectivity index (χ4n) is 2.31.